The molecule has 0 aliphatic heterocycles. The zero-order valence-corrected chi connectivity index (χ0v) is 13.7. The zero-order chi connectivity index (χ0) is 16.1. The molecule has 3 aromatic rings. The maximum atomic E-state index is 13.0. The molecule has 0 saturated carbocycles. The van der Waals surface area contributed by atoms with Gasteiger partial charge in [0.25, 0.3) is 0 Å². The third-order valence-electron chi connectivity index (χ3n) is 3.10. The third-order valence-corrected chi connectivity index (χ3v) is 5.58. The number of nitriles is 1. The quantitative estimate of drug-likeness (QED) is 0.514. The molecular formula is C14H5BrClF3N2S. The second-order valence-corrected chi connectivity index (χ2v) is 6.64. The van der Waals surface area contributed by atoms with Crippen LogP contribution in [0, 0.1) is 11.3 Å². The molecule has 1 aromatic carbocycles. The lowest BCUT2D eigenvalue weighted by atomic mass is 10.2. The van der Waals surface area contributed by atoms with Crippen molar-refractivity contribution in [2.75, 3.05) is 0 Å². The first-order valence-corrected chi connectivity index (χ1v) is 7.89. The summed E-state index contributed by atoms with van der Waals surface area (Å²) in [7, 11) is 0. The fourth-order valence-corrected chi connectivity index (χ4v) is 4.27. The Morgan fingerprint density at radius 3 is 2.55 bits per heavy atom. The first kappa shape index (κ1) is 15.4. The topological polar surface area (TPSA) is 39.6 Å². The third kappa shape index (κ3) is 2.32. The van der Waals surface area contributed by atoms with Crippen LogP contribution >= 0.6 is 38.9 Å². The average Bonchev–Trinajstić information content (AvgIpc) is 2.96. The van der Waals surface area contributed by atoms with E-state index in [4.69, 9.17) is 11.6 Å². The van der Waals surface area contributed by atoms with E-state index in [0.29, 0.717) is 9.90 Å². The van der Waals surface area contributed by atoms with Gasteiger partial charge >= 0.3 is 6.18 Å². The van der Waals surface area contributed by atoms with Crippen LogP contribution in [0.1, 0.15) is 11.3 Å². The van der Waals surface area contributed by atoms with E-state index in [9.17, 15) is 18.4 Å². The van der Waals surface area contributed by atoms with Crippen LogP contribution in [0.5, 0.6) is 0 Å². The van der Waals surface area contributed by atoms with Gasteiger partial charge < -0.3 is 4.98 Å². The highest BCUT2D eigenvalue weighted by Gasteiger charge is 2.38. The number of hydrogen-bond acceptors (Lipinski definition) is 2. The SMILES string of the molecule is N#Cc1c(-c2sc3ccccc3c2Cl)[nH]c(C(F)(F)F)c1Br. The van der Waals surface area contributed by atoms with Crippen LogP contribution in [0.2, 0.25) is 5.02 Å². The number of alkyl halides is 3. The number of nitrogens with zero attached hydrogens (tertiary/aromatic N) is 1. The molecule has 0 amide bonds. The molecule has 0 unspecified atom stereocenters. The Morgan fingerprint density at radius 1 is 1.27 bits per heavy atom. The van der Waals surface area contributed by atoms with E-state index in [2.05, 4.69) is 20.9 Å². The Hall–Kier alpha value is -1.49. The number of halogens is 5. The lowest BCUT2D eigenvalue weighted by Gasteiger charge is -2.03. The van der Waals surface area contributed by atoms with Gasteiger partial charge in [-0.25, -0.2) is 0 Å². The summed E-state index contributed by atoms with van der Waals surface area (Å²) in [5.74, 6) is 0. The molecule has 2 nitrogen and oxygen atoms in total. The van der Waals surface area contributed by atoms with E-state index in [1.165, 1.54) is 11.3 Å². The second-order valence-electron chi connectivity index (χ2n) is 4.41. The predicted molar refractivity (Wildman–Crippen MR) is 84.0 cm³/mol. The van der Waals surface area contributed by atoms with E-state index < -0.39 is 11.9 Å². The number of benzene rings is 1. The summed E-state index contributed by atoms with van der Waals surface area (Å²) in [4.78, 5) is 2.70. The molecule has 0 aliphatic carbocycles. The summed E-state index contributed by atoms with van der Waals surface area (Å²) in [5.41, 5.74) is -1.03. The van der Waals surface area contributed by atoms with Crippen LogP contribution in [-0.2, 0) is 6.18 Å². The van der Waals surface area contributed by atoms with Gasteiger partial charge in [-0.05, 0) is 22.0 Å². The number of rotatable bonds is 1. The highest BCUT2D eigenvalue weighted by atomic mass is 79.9. The molecule has 22 heavy (non-hydrogen) atoms. The van der Waals surface area contributed by atoms with Crippen LogP contribution in [0.3, 0.4) is 0 Å². The van der Waals surface area contributed by atoms with Crippen molar-refractivity contribution in [1.29, 1.82) is 5.26 Å². The number of aromatic nitrogens is 1. The van der Waals surface area contributed by atoms with E-state index in [0.717, 1.165) is 10.1 Å². The van der Waals surface area contributed by atoms with E-state index in [1.54, 1.807) is 18.2 Å². The first-order chi connectivity index (χ1) is 10.3. The maximum Gasteiger partial charge on any atom is 0.432 e. The molecule has 1 N–H and O–H groups in total. The lowest BCUT2D eigenvalue weighted by Crippen LogP contribution is -2.06. The maximum absolute atomic E-state index is 13.0. The Kier molecular flexibility index (Phi) is 3.71. The van der Waals surface area contributed by atoms with Gasteiger partial charge in [0, 0.05) is 10.1 Å². The van der Waals surface area contributed by atoms with Crippen LogP contribution in [0.25, 0.3) is 20.7 Å². The lowest BCUT2D eigenvalue weighted by molar-refractivity contribution is -0.141. The van der Waals surface area contributed by atoms with E-state index >= 15 is 0 Å². The minimum absolute atomic E-state index is 0.0768. The monoisotopic (exact) mass is 404 g/mol. The minimum Gasteiger partial charge on any atom is -0.348 e. The van der Waals surface area contributed by atoms with Crippen LogP contribution in [0.4, 0.5) is 13.2 Å². The summed E-state index contributed by atoms with van der Waals surface area (Å²) in [6.45, 7) is 0. The van der Waals surface area contributed by atoms with Gasteiger partial charge in [-0.15, -0.1) is 11.3 Å². The molecule has 0 atom stereocenters. The van der Waals surface area contributed by atoms with E-state index in [-0.39, 0.29) is 15.7 Å². The average molecular weight is 406 g/mol. The molecule has 0 spiro atoms. The fraction of sp³-hybridized carbons (Fsp3) is 0.0714. The van der Waals surface area contributed by atoms with Crippen LogP contribution < -0.4 is 0 Å². The van der Waals surface area contributed by atoms with Crippen molar-refractivity contribution in [3.05, 3.63) is 45.0 Å². The smallest absolute Gasteiger partial charge is 0.348 e. The Labute approximate surface area is 140 Å². The van der Waals surface area contributed by atoms with Crippen molar-refractivity contribution in [2.24, 2.45) is 0 Å². The van der Waals surface area contributed by atoms with Gasteiger partial charge in [-0.2, -0.15) is 18.4 Å². The van der Waals surface area contributed by atoms with Gasteiger partial charge in [-0.1, -0.05) is 29.8 Å². The molecule has 0 bridgehead atoms. The van der Waals surface area contributed by atoms with Gasteiger partial charge in [0.15, 0.2) is 0 Å². The molecule has 2 aromatic heterocycles. The van der Waals surface area contributed by atoms with Crippen molar-refractivity contribution >= 4 is 49.0 Å². The fourth-order valence-electron chi connectivity index (χ4n) is 2.12. The van der Waals surface area contributed by atoms with Gasteiger partial charge in [0.2, 0.25) is 0 Å². The summed E-state index contributed by atoms with van der Waals surface area (Å²) in [6.07, 6.45) is -4.59. The molecule has 2 heterocycles. The van der Waals surface area contributed by atoms with Gasteiger partial charge in [0.05, 0.1) is 25.6 Å². The molecule has 3 rings (SSSR count). The minimum atomic E-state index is -4.59. The number of fused-ring (bicyclic) bond motifs is 1. The summed E-state index contributed by atoms with van der Waals surface area (Å²) < 4.78 is 39.5. The standard InChI is InChI=1S/C14H5BrClF3N2S/c15-9-7(5-20)11(21-13(9)14(17,18)19)12-10(16)6-3-1-2-4-8(6)22-12/h1-4,21H. The Morgan fingerprint density at radius 2 is 1.95 bits per heavy atom. The van der Waals surface area contributed by atoms with Crippen molar-refractivity contribution in [2.45, 2.75) is 6.18 Å². The highest BCUT2D eigenvalue weighted by Crippen LogP contribution is 2.46. The Balaban J connectivity index is 2.32. The summed E-state index contributed by atoms with van der Waals surface area (Å²) >= 11 is 10.4. The number of thiophene rings is 1. The van der Waals surface area contributed by atoms with E-state index in [1.807, 2.05) is 12.1 Å². The molecular weight excluding hydrogens is 401 g/mol. The molecule has 0 aliphatic rings. The molecule has 0 radical (unpaired) electrons. The largest absolute Gasteiger partial charge is 0.432 e. The van der Waals surface area contributed by atoms with Gasteiger partial charge in [-0.3, -0.25) is 0 Å². The predicted octanol–water partition coefficient (Wildman–Crippen LogP) is 6.20. The number of nitrogens with one attached hydrogen (secondary N) is 1. The molecule has 8 heteroatoms. The van der Waals surface area contributed by atoms with Crippen molar-refractivity contribution in [3.8, 4) is 16.6 Å². The van der Waals surface area contributed by atoms with Crippen molar-refractivity contribution < 1.29 is 13.2 Å². The second kappa shape index (κ2) is 5.30. The molecule has 112 valence electrons. The number of hydrogen-bond donors (Lipinski definition) is 1. The summed E-state index contributed by atoms with van der Waals surface area (Å²) in [5, 5.41) is 10.3. The summed E-state index contributed by atoms with van der Waals surface area (Å²) in [6, 6.07) is 9.01. The van der Waals surface area contributed by atoms with Crippen LogP contribution in [-0.4, -0.2) is 4.98 Å². The van der Waals surface area contributed by atoms with Gasteiger partial charge in [0.1, 0.15) is 11.8 Å². The number of aromatic amines is 1. The van der Waals surface area contributed by atoms with Crippen molar-refractivity contribution in [3.63, 3.8) is 0 Å². The zero-order valence-electron chi connectivity index (χ0n) is 10.6. The normalized spacial score (nSPS) is 11.8. The number of H-pyrrole nitrogens is 1. The Bertz CT molecular complexity index is 921. The first-order valence-electron chi connectivity index (χ1n) is 5.90. The molecule has 0 fully saturated rings. The highest BCUT2D eigenvalue weighted by molar-refractivity contribution is 9.10. The molecule has 0 saturated heterocycles. The van der Waals surface area contributed by atoms with Crippen LogP contribution in [0.15, 0.2) is 28.7 Å². The van der Waals surface area contributed by atoms with Crippen molar-refractivity contribution in [1.82, 2.24) is 4.98 Å².